The SMILES string of the molecule is O=C(O)CCCCCCCCCCCOc1ccc(-c2c3nc(c(-c4c[nH]cn4)c4ccc([nH]4)c(-c4cc(OCCCCCCCCCCCC(=O)O)cc(OCCCCCCCCCCCC(=O)O)c4)c4nc(c(-c5c[nH]cn5)c5ccc2[nH]5)C=C4)C=C3)cc1. The first kappa shape index (κ1) is 66.7. The molecule has 8 bridgehead atoms. The first-order valence-electron chi connectivity index (χ1n) is 33.6. The largest absolute Gasteiger partial charge is 0.494 e. The van der Waals surface area contributed by atoms with Crippen molar-refractivity contribution >= 4 is 64.3 Å². The molecule has 0 unspecified atom stereocenters. The number of aromatic amines is 4. The molecular weight excluding hydrogens is 1140 g/mol. The number of H-pyrrole nitrogens is 4. The van der Waals surface area contributed by atoms with Gasteiger partial charge in [-0.3, -0.25) is 14.4 Å². The van der Waals surface area contributed by atoms with Gasteiger partial charge in [0, 0.05) is 59.9 Å². The van der Waals surface area contributed by atoms with Gasteiger partial charge in [-0.1, -0.05) is 147 Å². The van der Waals surface area contributed by atoms with Gasteiger partial charge >= 0.3 is 17.9 Å². The van der Waals surface area contributed by atoms with Crippen LogP contribution in [-0.2, 0) is 14.4 Å². The lowest BCUT2D eigenvalue weighted by atomic mass is 10.0. The molecule has 2 aliphatic rings. The van der Waals surface area contributed by atoms with Gasteiger partial charge in [0.05, 0.1) is 88.8 Å². The fraction of sp³-hybridized carbons (Fsp3) is 0.446. The number of imidazole rings is 2. The molecule has 7 aromatic rings. The van der Waals surface area contributed by atoms with Crippen molar-refractivity contribution in [2.45, 2.75) is 193 Å². The summed E-state index contributed by atoms with van der Waals surface area (Å²) in [6.45, 7) is 1.74. The zero-order chi connectivity index (χ0) is 63.2. The number of hydrogen-bond donors (Lipinski definition) is 7. The highest BCUT2D eigenvalue weighted by atomic mass is 16.5. The van der Waals surface area contributed by atoms with E-state index in [4.69, 9.17) is 49.5 Å². The van der Waals surface area contributed by atoms with Gasteiger partial charge in [-0.2, -0.15) is 0 Å². The van der Waals surface area contributed by atoms with Gasteiger partial charge in [0.1, 0.15) is 17.2 Å². The van der Waals surface area contributed by atoms with Crippen LogP contribution in [0.5, 0.6) is 17.2 Å². The molecule has 0 saturated carbocycles. The van der Waals surface area contributed by atoms with E-state index in [2.05, 4.69) is 92.8 Å². The minimum atomic E-state index is -0.718. The maximum atomic E-state index is 10.9. The van der Waals surface area contributed by atoms with E-state index in [0.29, 0.717) is 31.3 Å². The summed E-state index contributed by atoms with van der Waals surface area (Å²) in [5.41, 5.74) is 13.1. The molecule has 7 N–H and O–H groups in total. The quantitative estimate of drug-likeness (QED) is 0.0176. The number of carboxylic acid groups (broad SMARTS) is 3. The topological polar surface area (TPSA) is 254 Å². The number of hydrogen-bond acceptors (Lipinski definition) is 10. The van der Waals surface area contributed by atoms with Crippen LogP contribution < -0.4 is 14.2 Å². The second-order valence-corrected chi connectivity index (χ2v) is 24.2. The number of nitrogens with one attached hydrogen (secondary N) is 4. The van der Waals surface area contributed by atoms with Gasteiger partial charge in [0.15, 0.2) is 0 Å². The lowest BCUT2D eigenvalue weighted by Crippen LogP contribution is -2.01. The second-order valence-electron chi connectivity index (χ2n) is 24.2. The standard InChI is InChI=1S/C74H92N8O9/c83-68(84)28-22-16-10-4-1-7-13-19-25-43-89-55-33-31-53(32-34-55)71-58-35-39-62(79-58)73(66-49-75-51-77-66)64-41-37-60(81-64)72(61-38-42-65(82-61)74(67-50-76-52-78-67)63-40-36-59(71)80-63)54-46-56(90-44-26-20-14-8-2-5-11-17-23-29-69(85)86)48-57(47-54)91-45-27-21-15-9-3-6-12-18-24-30-70(87)88/h31-42,46-52,79,82H,1-30,43-45H2,(H,75,77)(H,76,78)(H,83,84)(H,85,86)(H,87,88). The highest BCUT2D eigenvalue weighted by Crippen LogP contribution is 2.40. The summed E-state index contributed by atoms with van der Waals surface area (Å²) in [4.78, 5) is 67.2. The number of carbonyl (C=O) groups is 3. The number of unbranched alkanes of at least 4 members (excludes halogenated alkanes) is 24. The summed E-state index contributed by atoms with van der Waals surface area (Å²) in [5, 5.41) is 26.8. The molecule has 91 heavy (non-hydrogen) atoms. The average Bonchev–Trinajstić information content (AvgIpc) is 1.97. The van der Waals surface area contributed by atoms with Gasteiger partial charge in [0.25, 0.3) is 0 Å². The minimum Gasteiger partial charge on any atom is -0.494 e. The Bertz CT molecular complexity index is 3550. The maximum absolute atomic E-state index is 10.9. The summed E-state index contributed by atoms with van der Waals surface area (Å²) < 4.78 is 19.6. The highest BCUT2D eigenvalue weighted by molar-refractivity contribution is 5.99. The first-order chi connectivity index (χ1) is 44.7. The van der Waals surface area contributed by atoms with Crippen LogP contribution in [0.25, 0.3) is 91.1 Å². The third-order valence-electron chi connectivity index (χ3n) is 17.0. The van der Waals surface area contributed by atoms with Crippen molar-refractivity contribution in [1.29, 1.82) is 0 Å². The van der Waals surface area contributed by atoms with E-state index < -0.39 is 17.9 Å². The van der Waals surface area contributed by atoms with Gasteiger partial charge in [0.2, 0.25) is 0 Å². The predicted octanol–water partition coefficient (Wildman–Crippen LogP) is 18.9. The third-order valence-corrected chi connectivity index (χ3v) is 17.0. The molecule has 5 aromatic heterocycles. The maximum Gasteiger partial charge on any atom is 0.303 e. The van der Waals surface area contributed by atoms with Crippen molar-refractivity contribution in [3.05, 3.63) is 115 Å². The molecule has 0 spiro atoms. The normalized spacial score (nSPS) is 11.8. The van der Waals surface area contributed by atoms with Crippen molar-refractivity contribution in [2.24, 2.45) is 0 Å². The lowest BCUT2D eigenvalue weighted by Gasteiger charge is -2.14. The van der Waals surface area contributed by atoms with Crippen molar-refractivity contribution in [1.82, 2.24) is 39.9 Å². The van der Waals surface area contributed by atoms with Crippen LogP contribution in [0.3, 0.4) is 0 Å². The van der Waals surface area contributed by atoms with Crippen molar-refractivity contribution < 1.29 is 43.9 Å². The molecule has 2 aliphatic heterocycles. The zero-order valence-corrected chi connectivity index (χ0v) is 52.9. The Morgan fingerprint density at radius 1 is 0.341 bits per heavy atom. The zero-order valence-electron chi connectivity index (χ0n) is 52.9. The molecule has 0 radical (unpaired) electrons. The van der Waals surface area contributed by atoms with Crippen LogP contribution in [0.4, 0.5) is 0 Å². The van der Waals surface area contributed by atoms with E-state index in [9.17, 15) is 14.4 Å². The molecule has 7 heterocycles. The van der Waals surface area contributed by atoms with Crippen molar-refractivity contribution in [3.8, 4) is 62.0 Å². The smallest absolute Gasteiger partial charge is 0.303 e. The molecule has 17 heteroatoms. The molecule has 0 amide bonds. The highest BCUT2D eigenvalue weighted by Gasteiger charge is 2.21. The molecule has 0 saturated heterocycles. The number of nitrogens with zero attached hydrogens (tertiary/aromatic N) is 4. The van der Waals surface area contributed by atoms with E-state index in [1.54, 1.807) is 12.7 Å². The summed E-state index contributed by atoms with van der Waals surface area (Å²) in [5.74, 6) is 0.0834. The molecule has 482 valence electrons. The molecule has 0 fully saturated rings. The van der Waals surface area contributed by atoms with Crippen molar-refractivity contribution in [2.75, 3.05) is 19.8 Å². The number of benzene rings is 2. The number of aliphatic carboxylic acids is 3. The summed E-state index contributed by atoms with van der Waals surface area (Å²) in [7, 11) is 0. The van der Waals surface area contributed by atoms with Gasteiger partial charge < -0.3 is 49.5 Å². The van der Waals surface area contributed by atoms with Crippen LogP contribution >= 0.6 is 0 Å². The Labute approximate surface area is 534 Å². The molecular formula is C74H92N8O9. The summed E-state index contributed by atoms with van der Waals surface area (Å²) >= 11 is 0. The van der Waals surface area contributed by atoms with E-state index in [-0.39, 0.29) is 19.3 Å². The fourth-order valence-corrected chi connectivity index (χ4v) is 12.2. The monoisotopic (exact) mass is 1240 g/mol. The van der Waals surface area contributed by atoms with Crippen LogP contribution in [-0.4, -0.2) is 92.9 Å². The third kappa shape index (κ3) is 20.9. The number of aromatic nitrogens is 8. The number of fused-ring (bicyclic) bond motifs is 8. The van der Waals surface area contributed by atoms with E-state index >= 15 is 0 Å². The number of ether oxygens (including phenoxy) is 3. The molecule has 0 aliphatic carbocycles. The number of carboxylic acids is 3. The van der Waals surface area contributed by atoms with Crippen molar-refractivity contribution in [3.63, 3.8) is 0 Å². The van der Waals surface area contributed by atoms with Gasteiger partial charge in [-0.05, 0) is 122 Å². The molecule has 17 nitrogen and oxygen atoms in total. The number of rotatable bonds is 43. The molecule has 0 atom stereocenters. The Balaban J connectivity index is 1.01. The van der Waals surface area contributed by atoms with E-state index in [0.717, 1.165) is 256 Å². The Kier molecular flexibility index (Phi) is 26.5. The Hall–Kier alpha value is -8.73. The minimum absolute atomic E-state index is 0.250. The Morgan fingerprint density at radius 3 is 0.989 bits per heavy atom. The fourth-order valence-electron chi connectivity index (χ4n) is 12.2. The van der Waals surface area contributed by atoms with E-state index in [1.165, 1.54) is 12.8 Å². The molecule has 2 aromatic carbocycles. The van der Waals surface area contributed by atoms with Crippen LogP contribution in [0.2, 0.25) is 0 Å². The predicted molar refractivity (Wildman–Crippen MR) is 363 cm³/mol. The second kappa shape index (κ2) is 36.2. The van der Waals surface area contributed by atoms with Gasteiger partial charge in [-0.25, -0.2) is 19.9 Å². The van der Waals surface area contributed by atoms with Crippen LogP contribution in [0.1, 0.15) is 215 Å². The van der Waals surface area contributed by atoms with Crippen LogP contribution in [0, 0.1) is 0 Å². The average molecular weight is 1240 g/mol. The van der Waals surface area contributed by atoms with Crippen LogP contribution in [0.15, 0.2) is 91.8 Å². The summed E-state index contributed by atoms with van der Waals surface area (Å²) in [6.07, 6.45) is 44.4. The lowest BCUT2D eigenvalue weighted by molar-refractivity contribution is -0.138. The Morgan fingerprint density at radius 2 is 0.648 bits per heavy atom. The molecule has 9 rings (SSSR count). The van der Waals surface area contributed by atoms with Gasteiger partial charge in [-0.15, -0.1) is 0 Å². The van der Waals surface area contributed by atoms with E-state index in [1.807, 2.05) is 30.6 Å². The first-order valence-corrected chi connectivity index (χ1v) is 33.6. The summed E-state index contributed by atoms with van der Waals surface area (Å²) in [6, 6.07) is 22.8.